The zero-order valence-electron chi connectivity index (χ0n) is 10.9. The molecule has 3 heterocycles. The Kier molecular flexibility index (Phi) is 5.03. The van der Waals surface area contributed by atoms with Gasteiger partial charge in [0, 0.05) is 37.9 Å². The molecule has 0 spiro atoms. The molecule has 1 aliphatic rings. The number of likely N-dealkylation sites (tertiary alicyclic amines) is 1. The van der Waals surface area contributed by atoms with E-state index in [1.165, 1.54) is 12.8 Å². The summed E-state index contributed by atoms with van der Waals surface area (Å²) in [5, 5.41) is 5.43. The summed E-state index contributed by atoms with van der Waals surface area (Å²) < 4.78 is 2.06. The molecule has 3 rings (SSSR count). The highest BCUT2D eigenvalue weighted by atomic mass is 127. The van der Waals surface area contributed by atoms with E-state index >= 15 is 0 Å². The predicted molar refractivity (Wildman–Crippen MR) is 89.5 cm³/mol. The lowest BCUT2D eigenvalue weighted by Gasteiger charge is -2.20. The molecule has 0 radical (unpaired) electrons. The highest BCUT2D eigenvalue weighted by Gasteiger charge is 2.15. The van der Waals surface area contributed by atoms with Crippen LogP contribution in [0.2, 0.25) is 0 Å². The summed E-state index contributed by atoms with van der Waals surface area (Å²) in [7, 11) is 1.84. The second-order valence-electron chi connectivity index (χ2n) is 4.42. The van der Waals surface area contributed by atoms with E-state index in [4.69, 9.17) is 0 Å². The molecule has 5 nitrogen and oxygen atoms in total. The Morgan fingerprint density at radius 3 is 2.95 bits per heavy atom. The fourth-order valence-corrected chi connectivity index (χ4v) is 3.01. The topological polar surface area (TPSA) is 44.9 Å². The standard InChI is InChI=1S/C12H17N5S.HI/c1-13-11(16-4-2-3-5-16)14-8-10-9-17-6-7-18-12(17)15-10;/h6-7,9H,2-5,8H2,1H3,(H,13,14);1H. The van der Waals surface area contributed by atoms with Crippen molar-refractivity contribution in [3.05, 3.63) is 23.5 Å². The number of thiazole rings is 1. The summed E-state index contributed by atoms with van der Waals surface area (Å²) in [4.78, 5) is 12.2. The van der Waals surface area contributed by atoms with E-state index in [9.17, 15) is 0 Å². The normalized spacial score (nSPS) is 15.8. The van der Waals surface area contributed by atoms with E-state index < -0.39 is 0 Å². The first-order valence-electron chi connectivity index (χ1n) is 6.23. The van der Waals surface area contributed by atoms with Crippen molar-refractivity contribution in [1.29, 1.82) is 0 Å². The van der Waals surface area contributed by atoms with Gasteiger partial charge in [0.05, 0.1) is 12.2 Å². The molecule has 0 saturated carbocycles. The third-order valence-electron chi connectivity index (χ3n) is 3.19. The average Bonchev–Trinajstić information content (AvgIpc) is 3.04. The Bertz CT molecular complexity index is 527. The van der Waals surface area contributed by atoms with Gasteiger partial charge >= 0.3 is 0 Å². The molecule has 2 aromatic rings. The second-order valence-corrected chi connectivity index (χ2v) is 5.29. The first kappa shape index (κ1) is 14.6. The van der Waals surface area contributed by atoms with Crippen molar-refractivity contribution in [2.24, 2.45) is 4.99 Å². The molecule has 1 N–H and O–H groups in total. The number of imidazole rings is 1. The molecule has 0 bridgehead atoms. The van der Waals surface area contributed by atoms with Crippen LogP contribution in [0.15, 0.2) is 22.8 Å². The lowest BCUT2D eigenvalue weighted by molar-refractivity contribution is 0.493. The summed E-state index contributed by atoms with van der Waals surface area (Å²) >= 11 is 1.66. The van der Waals surface area contributed by atoms with Crippen LogP contribution in [-0.2, 0) is 6.54 Å². The Balaban J connectivity index is 0.00000133. The molecular formula is C12H18IN5S. The number of nitrogens with one attached hydrogen (secondary N) is 1. The predicted octanol–water partition coefficient (Wildman–Crippen LogP) is 2.19. The van der Waals surface area contributed by atoms with Crippen LogP contribution in [-0.4, -0.2) is 40.4 Å². The molecule has 0 unspecified atom stereocenters. The number of aromatic nitrogens is 2. The molecule has 1 aliphatic heterocycles. The molecular weight excluding hydrogens is 373 g/mol. The van der Waals surface area contributed by atoms with Gasteiger partial charge in [0.15, 0.2) is 10.9 Å². The van der Waals surface area contributed by atoms with Crippen molar-refractivity contribution in [2.45, 2.75) is 19.4 Å². The minimum Gasteiger partial charge on any atom is -0.351 e. The highest BCUT2D eigenvalue weighted by molar-refractivity contribution is 14.0. The number of halogens is 1. The van der Waals surface area contributed by atoms with E-state index in [0.717, 1.165) is 36.2 Å². The van der Waals surface area contributed by atoms with Gasteiger partial charge in [-0.25, -0.2) is 4.98 Å². The van der Waals surface area contributed by atoms with Crippen LogP contribution in [0.5, 0.6) is 0 Å². The fraction of sp³-hybridized carbons (Fsp3) is 0.500. The first-order valence-corrected chi connectivity index (χ1v) is 7.11. The third kappa shape index (κ3) is 3.19. The third-order valence-corrected chi connectivity index (χ3v) is 3.96. The van der Waals surface area contributed by atoms with Gasteiger partial charge in [0.1, 0.15) is 0 Å². The first-order chi connectivity index (χ1) is 8.86. The number of aliphatic imine (C=N–C) groups is 1. The summed E-state index contributed by atoms with van der Waals surface area (Å²) in [5.74, 6) is 0.990. The summed E-state index contributed by atoms with van der Waals surface area (Å²) in [6.45, 7) is 2.95. The molecule has 1 fully saturated rings. The molecule has 1 saturated heterocycles. The van der Waals surface area contributed by atoms with Gasteiger partial charge in [0.25, 0.3) is 0 Å². The van der Waals surface area contributed by atoms with Crippen molar-refractivity contribution >= 4 is 46.2 Å². The van der Waals surface area contributed by atoms with Gasteiger partial charge in [-0.15, -0.1) is 35.3 Å². The number of fused-ring (bicyclic) bond motifs is 1. The van der Waals surface area contributed by atoms with Crippen molar-refractivity contribution in [2.75, 3.05) is 20.1 Å². The molecule has 0 aromatic carbocycles. The lowest BCUT2D eigenvalue weighted by Crippen LogP contribution is -2.39. The second kappa shape index (κ2) is 6.56. The van der Waals surface area contributed by atoms with Crippen LogP contribution >= 0.6 is 35.3 Å². The monoisotopic (exact) mass is 391 g/mol. The van der Waals surface area contributed by atoms with Crippen LogP contribution in [0.1, 0.15) is 18.5 Å². The number of rotatable bonds is 2. The number of hydrogen-bond donors (Lipinski definition) is 1. The summed E-state index contributed by atoms with van der Waals surface area (Å²) in [6.07, 6.45) is 6.63. The maximum absolute atomic E-state index is 4.55. The van der Waals surface area contributed by atoms with Gasteiger partial charge in [0.2, 0.25) is 0 Å². The van der Waals surface area contributed by atoms with Crippen molar-refractivity contribution in [3.8, 4) is 0 Å². The Labute approximate surface area is 133 Å². The van der Waals surface area contributed by atoms with E-state index in [0.29, 0.717) is 0 Å². The van der Waals surface area contributed by atoms with Crippen molar-refractivity contribution in [3.63, 3.8) is 0 Å². The SMILES string of the molecule is CN=C(NCc1cn2ccsc2n1)N1CCCC1.I. The van der Waals surface area contributed by atoms with Gasteiger partial charge in [-0.05, 0) is 12.8 Å². The molecule has 7 heteroatoms. The smallest absolute Gasteiger partial charge is 0.193 e. The molecule has 0 amide bonds. The zero-order chi connectivity index (χ0) is 12.4. The van der Waals surface area contributed by atoms with Crippen LogP contribution in [0, 0.1) is 0 Å². The average molecular weight is 391 g/mol. The Morgan fingerprint density at radius 2 is 2.26 bits per heavy atom. The lowest BCUT2D eigenvalue weighted by atomic mass is 10.4. The zero-order valence-corrected chi connectivity index (χ0v) is 14.0. The van der Waals surface area contributed by atoms with Gasteiger partial charge < -0.3 is 10.2 Å². The number of hydrogen-bond acceptors (Lipinski definition) is 3. The summed E-state index contributed by atoms with van der Waals surface area (Å²) in [6, 6.07) is 0. The van der Waals surface area contributed by atoms with Crippen molar-refractivity contribution in [1.82, 2.24) is 19.6 Å². The summed E-state index contributed by atoms with van der Waals surface area (Å²) in [5.41, 5.74) is 1.06. The molecule has 19 heavy (non-hydrogen) atoms. The molecule has 0 aliphatic carbocycles. The molecule has 2 aromatic heterocycles. The van der Waals surface area contributed by atoms with E-state index in [1.54, 1.807) is 11.3 Å². The number of guanidine groups is 1. The van der Waals surface area contributed by atoms with Crippen LogP contribution in [0.3, 0.4) is 0 Å². The van der Waals surface area contributed by atoms with Gasteiger partial charge in [-0.2, -0.15) is 0 Å². The maximum Gasteiger partial charge on any atom is 0.193 e. The van der Waals surface area contributed by atoms with E-state index in [1.807, 2.05) is 18.6 Å². The van der Waals surface area contributed by atoms with Gasteiger partial charge in [-0.3, -0.25) is 9.39 Å². The van der Waals surface area contributed by atoms with E-state index in [2.05, 4.69) is 30.8 Å². The van der Waals surface area contributed by atoms with Crippen molar-refractivity contribution < 1.29 is 0 Å². The Hall–Kier alpha value is -0.830. The van der Waals surface area contributed by atoms with Crippen LogP contribution < -0.4 is 5.32 Å². The minimum absolute atomic E-state index is 0. The highest BCUT2D eigenvalue weighted by Crippen LogP contribution is 2.11. The quantitative estimate of drug-likeness (QED) is 0.485. The van der Waals surface area contributed by atoms with Gasteiger partial charge in [-0.1, -0.05) is 0 Å². The fourth-order valence-electron chi connectivity index (χ4n) is 2.29. The maximum atomic E-state index is 4.55. The van der Waals surface area contributed by atoms with E-state index in [-0.39, 0.29) is 24.0 Å². The van der Waals surface area contributed by atoms with Crippen LogP contribution in [0.25, 0.3) is 4.96 Å². The molecule has 0 atom stereocenters. The molecule has 104 valence electrons. The minimum atomic E-state index is 0. The Morgan fingerprint density at radius 1 is 1.47 bits per heavy atom. The largest absolute Gasteiger partial charge is 0.351 e. The van der Waals surface area contributed by atoms with Crippen LogP contribution in [0.4, 0.5) is 0 Å². The number of nitrogens with zero attached hydrogens (tertiary/aromatic N) is 4.